The first kappa shape index (κ1) is 11.1. The molecule has 1 fully saturated rings. The van der Waals surface area contributed by atoms with Crippen LogP contribution in [0, 0.1) is 23.7 Å². The van der Waals surface area contributed by atoms with Crippen LogP contribution in [-0.4, -0.2) is 0 Å². The first-order valence-electron chi connectivity index (χ1n) is 6.15. The lowest BCUT2D eigenvalue weighted by atomic mass is 9.68. The predicted octanol–water partition coefficient (Wildman–Crippen LogP) is 4.49. The van der Waals surface area contributed by atoms with E-state index in [9.17, 15) is 0 Å². The van der Waals surface area contributed by atoms with Gasteiger partial charge < -0.3 is 0 Å². The third kappa shape index (κ3) is 3.00. The molecule has 0 radical (unpaired) electrons. The summed E-state index contributed by atoms with van der Waals surface area (Å²) in [5, 5.41) is 0. The molecule has 0 saturated heterocycles. The SMILES string of the molecule is CCCCC1C(C)CC(C)CC1C. The second-order valence-electron chi connectivity index (χ2n) is 5.34. The van der Waals surface area contributed by atoms with E-state index in [0.717, 1.165) is 23.7 Å². The zero-order chi connectivity index (χ0) is 9.84. The van der Waals surface area contributed by atoms with E-state index in [2.05, 4.69) is 27.7 Å². The molecule has 78 valence electrons. The number of hydrogen-bond acceptors (Lipinski definition) is 0. The zero-order valence-electron chi connectivity index (χ0n) is 9.84. The molecule has 2 unspecified atom stereocenters. The Balaban J connectivity index is 2.41. The highest BCUT2D eigenvalue weighted by atomic mass is 14.4. The maximum absolute atomic E-state index is 2.46. The van der Waals surface area contributed by atoms with Crippen molar-refractivity contribution in [1.82, 2.24) is 0 Å². The fourth-order valence-electron chi connectivity index (χ4n) is 3.28. The second kappa shape index (κ2) is 5.02. The molecule has 0 spiro atoms. The number of hydrogen-bond donors (Lipinski definition) is 0. The second-order valence-corrected chi connectivity index (χ2v) is 5.34. The molecule has 0 N–H and O–H groups in total. The molecular formula is C13H26. The summed E-state index contributed by atoms with van der Waals surface area (Å²) in [6, 6.07) is 0. The van der Waals surface area contributed by atoms with Crippen LogP contribution in [0.3, 0.4) is 0 Å². The Morgan fingerprint density at radius 3 is 2.00 bits per heavy atom. The van der Waals surface area contributed by atoms with Gasteiger partial charge in [-0.15, -0.1) is 0 Å². The monoisotopic (exact) mass is 182 g/mol. The van der Waals surface area contributed by atoms with E-state index in [-0.39, 0.29) is 0 Å². The molecule has 2 atom stereocenters. The van der Waals surface area contributed by atoms with Crippen molar-refractivity contribution < 1.29 is 0 Å². The Bertz CT molecular complexity index is 127. The van der Waals surface area contributed by atoms with Gasteiger partial charge in [-0.1, -0.05) is 40.5 Å². The minimum absolute atomic E-state index is 0.975. The summed E-state index contributed by atoms with van der Waals surface area (Å²) >= 11 is 0. The highest BCUT2D eigenvalue weighted by Crippen LogP contribution is 2.40. The molecule has 0 aromatic heterocycles. The lowest BCUT2D eigenvalue weighted by Gasteiger charge is -2.38. The average molecular weight is 182 g/mol. The van der Waals surface area contributed by atoms with Crippen molar-refractivity contribution in [1.29, 1.82) is 0 Å². The van der Waals surface area contributed by atoms with Crippen molar-refractivity contribution in [2.75, 3.05) is 0 Å². The zero-order valence-corrected chi connectivity index (χ0v) is 9.84. The van der Waals surface area contributed by atoms with Crippen LogP contribution in [0.25, 0.3) is 0 Å². The summed E-state index contributed by atoms with van der Waals surface area (Å²) in [4.78, 5) is 0. The van der Waals surface area contributed by atoms with Crippen LogP contribution in [0.4, 0.5) is 0 Å². The Hall–Kier alpha value is 0. The van der Waals surface area contributed by atoms with Crippen LogP contribution >= 0.6 is 0 Å². The van der Waals surface area contributed by atoms with Crippen molar-refractivity contribution in [2.45, 2.75) is 59.8 Å². The van der Waals surface area contributed by atoms with Gasteiger partial charge in [0.15, 0.2) is 0 Å². The molecule has 13 heavy (non-hydrogen) atoms. The fourth-order valence-corrected chi connectivity index (χ4v) is 3.28. The van der Waals surface area contributed by atoms with Crippen LogP contribution in [0.15, 0.2) is 0 Å². The normalized spacial score (nSPS) is 40.6. The molecule has 0 bridgehead atoms. The van der Waals surface area contributed by atoms with Crippen LogP contribution in [0.5, 0.6) is 0 Å². The summed E-state index contributed by atoms with van der Waals surface area (Å²) in [5.41, 5.74) is 0. The predicted molar refractivity (Wildman–Crippen MR) is 59.7 cm³/mol. The fraction of sp³-hybridized carbons (Fsp3) is 1.00. The molecule has 0 aliphatic heterocycles. The van der Waals surface area contributed by atoms with Crippen molar-refractivity contribution in [3.05, 3.63) is 0 Å². The van der Waals surface area contributed by atoms with Gasteiger partial charge in [-0.05, 0) is 42.9 Å². The Morgan fingerprint density at radius 1 is 1.00 bits per heavy atom. The molecule has 0 heteroatoms. The minimum Gasteiger partial charge on any atom is -0.0654 e. The van der Waals surface area contributed by atoms with Crippen LogP contribution in [-0.2, 0) is 0 Å². The topological polar surface area (TPSA) is 0 Å². The van der Waals surface area contributed by atoms with Crippen molar-refractivity contribution >= 4 is 0 Å². The third-order valence-electron chi connectivity index (χ3n) is 3.90. The molecule has 1 aliphatic rings. The molecule has 0 amide bonds. The number of unbranched alkanes of at least 4 members (excludes halogenated alkanes) is 1. The van der Waals surface area contributed by atoms with Gasteiger partial charge >= 0.3 is 0 Å². The van der Waals surface area contributed by atoms with E-state index in [1.165, 1.54) is 32.1 Å². The highest BCUT2D eigenvalue weighted by molar-refractivity contribution is 4.80. The standard InChI is InChI=1S/C13H26/c1-5-6-7-13-11(3)8-10(2)9-12(13)4/h10-13H,5-9H2,1-4H3. The van der Waals surface area contributed by atoms with Gasteiger partial charge in [0.1, 0.15) is 0 Å². The summed E-state index contributed by atoms with van der Waals surface area (Å²) in [6.45, 7) is 9.66. The van der Waals surface area contributed by atoms with Crippen molar-refractivity contribution in [3.8, 4) is 0 Å². The number of rotatable bonds is 3. The van der Waals surface area contributed by atoms with Gasteiger partial charge in [0, 0.05) is 0 Å². The van der Waals surface area contributed by atoms with Gasteiger partial charge in [-0.2, -0.15) is 0 Å². The first-order chi connectivity index (χ1) is 6.15. The third-order valence-corrected chi connectivity index (χ3v) is 3.90. The van der Waals surface area contributed by atoms with Crippen LogP contribution in [0.1, 0.15) is 59.8 Å². The average Bonchev–Trinajstić information content (AvgIpc) is 2.02. The van der Waals surface area contributed by atoms with Gasteiger partial charge in [-0.25, -0.2) is 0 Å². The van der Waals surface area contributed by atoms with Crippen molar-refractivity contribution in [3.63, 3.8) is 0 Å². The summed E-state index contributed by atoms with van der Waals surface area (Å²) in [7, 11) is 0. The molecule has 1 aliphatic carbocycles. The van der Waals surface area contributed by atoms with Crippen LogP contribution in [0.2, 0.25) is 0 Å². The van der Waals surface area contributed by atoms with Gasteiger partial charge in [-0.3, -0.25) is 0 Å². The smallest absolute Gasteiger partial charge is 0.0362 e. The van der Waals surface area contributed by atoms with Gasteiger partial charge in [0.25, 0.3) is 0 Å². The van der Waals surface area contributed by atoms with Crippen LogP contribution < -0.4 is 0 Å². The van der Waals surface area contributed by atoms with E-state index in [0.29, 0.717) is 0 Å². The molecule has 0 aromatic rings. The summed E-state index contributed by atoms with van der Waals surface area (Å²) in [5.74, 6) is 3.95. The van der Waals surface area contributed by atoms with E-state index < -0.39 is 0 Å². The van der Waals surface area contributed by atoms with E-state index >= 15 is 0 Å². The van der Waals surface area contributed by atoms with Gasteiger partial charge in [0.2, 0.25) is 0 Å². The molecular weight excluding hydrogens is 156 g/mol. The maximum atomic E-state index is 2.46. The lowest BCUT2D eigenvalue weighted by Crippen LogP contribution is -2.28. The molecule has 0 nitrogen and oxygen atoms in total. The van der Waals surface area contributed by atoms with E-state index in [1.54, 1.807) is 0 Å². The molecule has 0 heterocycles. The largest absolute Gasteiger partial charge is 0.0654 e. The Morgan fingerprint density at radius 2 is 1.54 bits per heavy atom. The summed E-state index contributed by atoms with van der Waals surface area (Å²) in [6.07, 6.45) is 7.22. The highest BCUT2D eigenvalue weighted by Gasteiger charge is 2.30. The Kier molecular flexibility index (Phi) is 4.28. The quantitative estimate of drug-likeness (QED) is 0.603. The Labute approximate surface area is 84.1 Å². The first-order valence-corrected chi connectivity index (χ1v) is 6.15. The molecule has 0 aromatic carbocycles. The van der Waals surface area contributed by atoms with E-state index in [4.69, 9.17) is 0 Å². The lowest BCUT2D eigenvalue weighted by molar-refractivity contribution is 0.125. The minimum atomic E-state index is 0.975. The maximum Gasteiger partial charge on any atom is -0.0362 e. The molecule has 1 saturated carbocycles. The van der Waals surface area contributed by atoms with Crippen molar-refractivity contribution in [2.24, 2.45) is 23.7 Å². The van der Waals surface area contributed by atoms with Gasteiger partial charge in [0.05, 0.1) is 0 Å². The summed E-state index contributed by atoms with van der Waals surface area (Å²) < 4.78 is 0. The van der Waals surface area contributed by atoms with E-state index in [1.807, 2.05) is 0 Å². The molecule has 1 rings (SSSR count).